The standard InChI is InChI=1S/C29H26N4O18S4/c1-3-50-28(36)24-18(26(34)32(30-24)20-14-16(52(38,39)40)10-12-22(20)54(44,45)46)8-6-5-7-9-19-25(29(37)51-4-2)31-33(27(19)35)21-15-17(53(41,42)43)11-13-23(21)55(47,48)49/h5-15,30H,3-4H2,1-2H3,(H,38,39,40)(H,41,42,43)(H,44,45,46)(H,47,48,49)/b7-5+,8-6+,19-9-. The minimum Gasteiger partial charge on any atom is -0.461 e. The van der Waals surface area contributed by atoms with Crippen LogP contribution in [0.25, 0.3) is 11.8 Å². The van der Waals surface area contributed by atoms with Crippen LogP contribution in [0.15, 0.2) is 95.8 Å². The highest BCUT2D eigenvalue weighted by atomic mass is 32.2. The molecule has 4 rings (SSSR count). The van der Waals surface area contributed by atoms with E-state index in [1.165, 1.54) is 13.8 Å². The number of carbonyl (C=O) groups is 3. The van der Waals surface area contributed by atoms with Gasteiger partial charge in [-0.3, -0.25) is 32.9 Å². The first-order valence-corrected chi connectivity index (χ1v) is 20.5. The maximum Gasteiger partial charge on any atom is 0.359 e. The molecule has 0 bridgehead atoms. The van der Waals surface area contributed by atoms with Gasteiger partial charge in [-0.15, -0.1) is 0 Å². The van der Waals surface area contributed by atoms with Crippen molar-refractivity contribution in [2.75, 3.05) is 18.2 Å². The number of hydrogen-bond donors (Lipinski definition) is 5. The zero-order valence-electron chi connectivity index (χ0n) is 27.7. The van der Waals surface area contributed by atoms with Crippen LogP contribution in [-0.4, -0.2) is 98.4 Å². The van der Waals surface area contributed by atoms with Gasteiger partial charge in [-0.05, 0) is 62.4 Å². The molecule has 0 fully saturated rings. The Morgan fingerprint density at radius 3 is 1.75 bits per heavy atom. The molecule has 5 N–H and O–H groups in total. The quantitative estimate of drug-likeness (QED) is 0.0687. The van der Waals surface area contributed by atoms with Gasteiger partial charge < -0.3 is 9.47 Å². The molecule has 55 heavy (non-hydrogen) atoms. The molecule has 2 aromatic carbocycles. The highest BCUT2D eigenvalue weighted by Crippen LogP contribution is 2.33. The molecule has 26 heteroatoms. The van der Waals surface area contributed by atoms with Gasteiger partial charge in [-0.2, -0.15) is 43.8 Å². The van der Waals surface area contributed by atoms with Crippen molar-refractivity contribution in [3.05, 3.63) is 87.9 Å². The molecule has 0 saturated heterocycles. The van der Waals surface area contributed by atoms with Crippen molar-refractivity contribution in [2.24, 2.45) is 5.10 Å². The lowest BCUT2D eigenvalue weighted by atomic mass is 10.1. The maximum absolute atomic E-state index is 13.5. The molecule has 1 aliphatic heterocycles. The number of aromatic amines is 1. The highest BCUT2D eigenvalue weighted by molar-refractivity contribution is 7.87. The molecule has 1 aromatic heterocycles. The average Bonchev–Trinajstić information content (AvgIpc) is 3.58. The molecule has 0 radical (unpaired) electrons. The van der Waals surface area contributed by atoms with Crippen molar-refractivity contribution in [1.29, 1.82) is 0 Å². The first kappa shape index (κ1) is 42.1. The van der Waals surface area contributed by atoms with Gasteiger partial charge in [-0.25, -0.2) is 14.3 Å². The summed E-state index contributed by atoms with van der Waals surface area (Å²) in [4.78, 5) is 48.6. The Morgan fingerprint density at radius 2 is 1.24 bits per heavy atom. The Hall–Kier alpha value is -5.61. The summed E-state index contributed by atoms with van der Waals surface area (Å²) in [6.07, 6.45) is 5.18. The molecular formula is C29H26N4O18S4. The van der Waals surface area contributed by atoms with E-state index in [0.29, 0.717) is 41.1 Å². The highest BCUT2D eigenvalue weighted by Gasteiger charge is 2.38. The van der Waals surface area contributed by atoms with Crippen molar-refractivity contribution >= 4 is 75.8 Å². The van der Waals surface area contributed by atoms with E-state index in [2.05, 4.69) is 10.2 Å². The van der Waals surface area contributed by atoms with Crippen molar-refractivity contribution in [3.63, 3.8) is 0 Å². The van der Waals surface area contributed by atoms with Crippen molar-refractivity contribution in [1.82, 2.24) is 9.78 Å². The molecule has 0 saturated carbocycles. The Bertz CT molecular complexity index is 2760. The van der Waals surface area contributed by atoms with Crippen molar-refractivity contribution in [3.8, 4) is 5.69 Å². The lowest BCUT2D eigenvalue weighted by Crippen LogP contribution is -2.24. The van der Waals surface area contributed by atoms with E-state index in [9.17, 15) is 71.1 Å². The van der Waals surface area contributed by atoms with E-state index in [1.807, 2.05) is 0 Å². The van der Waals surface area contributed by atoms with Crippen LogP contribution in [0.4, 0.5) is 5.69 Å². The van der Waals surface area contributed by atoms with Crippen LogP contribution in [0.1, 0.15) is 29.9 Å². The van der Waals surface area contributed by atoms with Gasteiger partial charge in [0.1, 0.15) is 9.79 Å². The van der Waals surface area contributed by atoms with Crippen molar-refractivity contribution in [2.45, 2.75) is 33.4 Å². The zero-order valence-corrected chi connectivity index (χ0v) is 31.0. The Balaban J connectivity index is 1.82. The number of benzene rings is 2. The number of nitrogens with zero attached hydrogens (tertiary/aromatic N) is 3. The summed E-state index contributed by atoms with van der Waals surface area (Å²) >= 11 is 0. The minimum absolute atomic E-state index is 0.210. The summed E-state index contributed by atoms with van der Waals surface area (Å²) < 4.78 is 144. The number of nitrogens with one attached hydrogen (secondary N) is 1. The molecule has 0 unspecified atom stereocenters. The molecule has 1 aliphatic rings. The van der Waals surface area contributed by atoms with E-state index < -0.39 is 117 Å². The van der Waals surface area contributed by atoms with E-state index in [1.54, 1.807) is 0 Å². The normalized spacial score (nSPS) is 14.9. The first-order chi connectivity index (χ1) is 25.4. The van der Waals surface area contributed by atoms with Crippen molar-refractivity contribution < 1.29 is 75.7 Å². The second-order valence-electron chi connectivity index (χ2n) is 10.5. The molecule has 0 aliphatic carbocycles. The van der Waals surface area contributed by atoms with Crippen LogP contribution >= 0.6 is 0 Å². The van der Waals surface area contributed by atoms with Gasteiger partial charge in [0.25, 0.3) is 51.9 Å². The average molecular weight is 847 g/mol. The predicted octanol–water partition coefficient (Wildman–Crippen LogP) is 0.791. The molecular weight excluding hydrogens is 821 g/mol. The molecule has 294 valence electrons. The van der Waals surface area contributed by atoms with E-state index in [0.717, 1.165) is 30.4 Å². The molecule has 0 atom stereocenters. The Kier molecular flexibility index (Phi) is 12.0. The summed E-state index contributed by atoms with van der Waals surface area (Å²) in [6, 6.07) is 3.38. The largest absolute Gasteiger partial charge is 0.461 e. The number of carbonyl (C=O) groups excluding carboxylic acids is 3. The molecule has 2 heterocycles. The molecule has 22 nitrogen and oxygen atoms in total. The molecule has 1 amide bonds. The van der Waals surface area contributed by atoms with Crippen LogP contribution < -0.4 is 10.6 Å². The minimum atomic E-state index is -5.17. The number of ether oxygens (including phenoxy) is 2. The number of aromatic nitrogens is 2. The van der Waals surface area contributed by atoms with Gasteiger partial charge in [0.15, 0.2) is 11.4 Å². The van der Waals surface area contributed by atoms with Gasteiger partial charge >= 0.3 is 11.9 Å². The van der Waals surface area contributed by atoms with E-state index in [-0.39, 0.29) is 18.2 Å². The third-order valence-corrected chi connectivity index (χ3v) is 10.5. The SMILES string of the molecule is CCOC(=O)C1=NN(c2cc(S(=O)(=O)O)ccc2S(=O)(=O)O)C(=O)\C1=C/C=C/C=C/c1c(C(=O)OCC)[nH]n(-c2cc(S(=O)(=O)O)ccc2S(=O)(=O)O)c1=O. The van der Waals surface area contributed by atoms with Gasteiger partial charge in [-0.1, -0.05) is 18.2 Å². The van der Waals surface area contributed by atoms with Gasteiger partial charge in [0.2, 0.25) is 0 Å². The summed E-state index contributed by atoms with van der Waals surface area (Å²) in [6.45, 7) is 2.38. The summed E-state index contributed by atoms with van der Waals surface area (Å²) in [5.41, 5.74) is -5.35. The van der Waals surface area contributed by atoms with Gasteiger partial charge in [0, 0.05) is 0 Å². The second kappa shape index (κ2) is 15.6. The third-order valence-electron chi connectivity index (χ3n) is 6.98. The lowest BCUT2D eigenvalue weighted by molar-refractivity contribution is -0.135. The smallest absolute Gasteiger partial charge is 0.359 e. The monoisotopic (exact) mass is 846 g/mol. The second-order valence-corrected chi connectivity index (χ2v) is 16.2. The number of allylic oxidation sites excluding steroid dienone is 4. The summed E-state index contributed by atoms with van der Waals surface area (Å²) in [7, 11) is -20.3. The fraction of sp³-hybridized carbons (Fsp3) is 0.138. The molecule has 0 spiro atoms. The summed E-state index contributed by atoms with van der Waals surface area (Å²) in [5.74, 6) is -3.62. The van der Waals surface area contributed by atoms with Crippen LogP contribution in [-0.2, 0) is 59.5 Å². The maximum atomic E-state index is 13.5. The fourth-order valence-corrected chi connectivity index (χ4v) is 6.98. The predicted molar refractivity (Wildman–Crippen MR) is 186 cm³/mol. The Labute approximate surface area is 310 Å². The summed E-state index contributed by atoms with van der Waals surface area (Å²) in [5, 5.41) is 6.29. The number of esters is 2. The third kappa shape index (κ3) is 9.20. The number of amides is 1. The van der Waals surface area contributed by atoms with E-state index >= 15 is 0 Å². The number of rotatable bonds is 13. The number of hydrogen-bond acceptors (Lipinski definition) is 15. The first-order valence-electron chi connectivity index (χ1n) is 14.8. The lowest BCUT2D eigenvalue weighted by Gasteiger charge is -2.15. The molecule has 3 aromatic rings. The van der Waals surface area contributed by atoms with E-state index in [4.69, 9.17) is 9.47 Å². The Morgan fingerprint density at radius 1 is 0.727 bits per heavy atom. The fourth-order valence-electron chi connectivity index (χ4n) is 4.67. The van der Waals surface area contributed by atoms with Crippen LogP contribution in [0.2, 0.25) is 0 Å². The number of hydrazone groups is 1. The zero-order chi connectivity index (χ0) is 41.3. The van der Waals surface area contributed by atoms with Crippen LogP contribution in [0.5, 0.6) is 0 Å². The number of anilines is 1. The van der Waals surface area contributed by atoms with Gasteiger partial charge in [0.05, 0.1) is 45.5 Å². The number of H-pyrrole nitrogens is 1. The van der Waals surface area contributed by atoms with Crippen LogP contribution in [0.3, 0.4) is 0 Å². The van der Waals surface area contributed by atoms with Crippen LogP contribution in [0, 0.1) is 0 Å². The topological polar surface area (TPSA) is 341 Å².